The molecule has 20 heavy (non-hydrogen) atoms. The van der Waals surface area contributed by atoms with Gasteiger partial charge in [0.05, 0.1) is 10.0 Å². The van der Waals surface area contributed by atoms with Crippen molar-refractivity contribution in [1.29, 1.82) is 0 Å². The van der Waals surface area contributed by atoms with Crippen LogP contribution in [0.15, 0.2) is 28.1 Å². The summed E-state index contributed by atoms with van der Waals surface area (Å²) in [5.74, 6) is 0. The van der Waals surface area contributed by atoms with E-state index < -0.39 is 0 Å². The Kier molecular flexibility index (Phi) is 6.02. The van der Waals surface area contributed by atoms with Gasteiger partial charge in [0.1, 0.15) is 0 Å². The van der Waals surface area contributed by atoms with E-state index in [2.05, 4.69) is 50.7 Å². The molecule has 1 aromatic heterocycles. The Morgan fingerprint density at radius 2 is 2.25 bits per heavy atom. The molecular formula is C15H18BrClN2S. The van der Waals surface area contributed by atoms with E-state index in [4.69, 9.17) is 11.6 Å². The lowest BCUT2D eigenvalue weighted by atomic mass is 10.0. The molecule has 0 fully saturated rings. The largest absolute Gasteiger partial charge is 0.310 e. The number of hydrogen-bond donors (Lipinski definition) is 1. The number of nitrogens with zero attached hydrogens (tertiary/aromatic N) is 1. The lowest BCUT2D eigenvalue weighted by Gasteiger charge is -2.18. The molecule has 1 heterocycles. The SMILES string of the molecule is CCCNC(Cc1nc(C)cs1)c1ccc(Cl)c(Br)c1. The summed E-state index contributed by atoms with van der Waals surface area (Å²) in [4.78, 5) is 4.56. The van der Waals surface area contributed by atoms with Crippen molar-refractivity contribution in [1.82, 2.24) is 10.3 Å². The number of thiazole rings is 1. The highest BCUT2D eigenvalue weighted by Crippen LogP contribution is 2.28. The van der Waals surface area contributed by atoms with Crippen LogP contribution in [0.2, 0.25) is 5.02 Å². The van der Waals surface area contributed by atoms with Crippen LogP contribution in [0, 0.1) is 6.92 Å². The van der Waals surface area contributed by atoms with Gasteiger partial charge in [-0.2, -0.15) is 0 Å². The monoisotopic (exact) mass is 372 g/mol. The Bertz CT molecular complexity index is 571. The van der Waals surface area contributed by atoms with Gasteiger partial charge in [0, 0.05) is 28.0 Å². The summed E-state index contributed by atoms with van der Waals surface area (Å²) < 4.78 is 0.940. The van der Waals surface area contributed by atoms with Crippen molar-refractivity contribution in [2.45, 2.75) is 32.7 Å². The zero-order valence-electron chi connectivity index (χ0n) is 11.6. The smallest absolute Gasteiger partial charge is 0.0947 e. The lowest BCUT2D eigenvalue weighted by Crippen LogP contribution is -2.24. The van der Waals surface area contributed by atoms with Crippen molar-refractivity contribution in [3.63, 3.8) is 0 Å². The highest BCUT2D eigenvalue weighted by atomic mass is 79.9. The van der Waals surface area contributed by atoms with Gasteiger partial charge in [-0.3, -0.25) is 0 Å². The van der Waals surface area contributed by atoms with Crippen LogP contribution < -0.4 is 5.32 Å². The fourth-order valence-corrected chi connectivity index (χ4v) is 3.36. The van der Waals surface area contributed by atoms with Gasteiger partial charge in [-0.05, 0) is 53.5 Å². The van der Waals surface area contributed by atoms with Gasteiger partial charge < -0.3 is 5.32 Å². The Hall–Kier alpha value is -0.420. The summed E-state index contributed by atoms with van der Waals surface area (Å²) in [7, 11) is 0. The molecule has 0 bridgehead atoms. The van der Waals surface area contributed by atoms with Crippen molar-refractivity contribution < 1.29 is 0 Å². The topological polar surface area (TPSA) is 24.9 Å². The minimum Gasteiger partial charge on any atom is -0.310 e. The van der Waals surface area contributed by atoms with Gasteiger partial charge in [0.25, 0.3) is 0 Å². The van der Waals surface area contributed by atoms with E-state index >= 15 is 0 Å². The molecule has 2 nitrogen and oxygen atoms in total. The quantitative estimate of drug-likeness (QED) is 0.757. The van der Waals surface area contributed by atoms with Gasteiger partial charge in [0.2, 0.25) is 0 Å². The third-order valence-corrected chi connectivity index (χ3v) is 5.24. The van der Waals surface area contributed by atoms with Gasteiger partial charge >= 0.3 is 0 Å². The molecule has 0 spiro atoms. The second-order valence-corrected chi connectivity index (χ2v) is 6.97. The van der Waals surface area contributed by atoms with Gasteiger partial charge in [0.15, 0.2) is 0 Å². The Morgan fingerprint density at radius 1 is 1.45 bits per heavy atom. The summed E-state index contributed by atoms with van der Waals surface area (Å²) in [6, 6.07) is 6.39. The predicted molar refractivity (Wildman–Crippen MR) is 90.7 cm³/mol. The lowest BCUT2D eigenvalue weighted by molar-refractivity contribution is 0.528. The molecule has 1 atom stereocenters. The molecule has 0 radical (unpaired) electrons. The Balaban J connectivity index is 2.19. The second-order valence-electron chi connectivity index (χ2n) is 4.77. The summed E-state index contributed by atoms with van der Waals surface area (Å²) >= 11 is 11.3. The average Bonchev–Trinajstić information content (AvgIpc) is 2.83. The first-order valence-electron chi connectivity index (χ1n) is 6.69. The number of nitrogens with one attached hydrogen (secondary N) is 1. The van der Waals surface area contributed by atoms with Crippen molar-refractivity contribution in [3.8, 4) is 0 Å². The van der Waals surface area contributed by atoms with E-state index in [9.17, 15) is 0 Å². The molecule has 5 heteroatoms. The fourth-order valence-electron chi connectivity index (χ4n) is 2.03. The highest BCUT2D eigenvalue weighted by molar-refractivity contribution is 9.10. The van der Waals surface area contributed by atoms with Crippen molar-refractivity contribution >= 4 is 38.9 Å². The predicted octanol–water partition coefficient (Wildman–Crippen LogP) is 5.15. The number of rotatable bonds is 6. The number of aromatic nitrogens is 1. The zero-order valence-corrected chi connectivity index (χ0v) is 14.8. The van der Waals surface area contributed by atoms with Crippen LogP contribution in [0.3, 0.4) is 0 Å². The molecule has 1 unspecified atom stereocenters. The highest BCUT2D eigenvalue weighted by Gasteiger charge is 2.14. The molecule has 1 aromatic carbocycles. The minimum absolute atomic E-state index is 0.272. The minimum atomic E-state index is 0.272. The maximum atomic E-state index is 6.08. The number of halogens is 2. The number of hydrogen-bond acceptors (Lipinski definition) is 3. The van der Waals surface area contributed by atoms with E-state index in [-0.39, 0.29) is 6.04 Å². The molecule has 108 valence electrons. The fraction of sp³-hybridized carbons (Fsp3) is 0.400. The maximum absolute atomic E-state index is 6.08. The third kappa shape index (κ3) is 4.29. The van der Waals surface area contributed by atoms with Crippen LogP contribution in [0.25, 0.3) is 0 Å². The van der Waals surface area contributed by atoms with Crippen molar-refractivity contribution in [3.05, 3.63) is 49.3 Å². The van der Waals surface area contributed by atoms with Gasteiger partial charge in [-0.15, -0.1) is 11.3 Å². The summed E-state index contributed by atoms with van der Waals surface area (Å²) in [6.45, 7) is 5.21. The zero-order chi connectivity index (χ0) is 14.5. The first-order chi connectivity index (χ1) is 9.60. The van der Waals surface area contributed by atoms with Crippen molar-refractivity contribution in [2.75, 3.05) is 6.54 Å². The van der Waals surface area contributed by atoms with E-state index in [0.29, 0.717) is 0 Å². The summed E-state index contributed by atoms with van der Waals surface area (Å²) in [5.41, 5.74) is 2.33. The molecule has 0 aliphatic rings. The normalized spacial score (nSPS) is 12.6. The first kappa shape index (κ1) is 16.0. The van der Waals surface area contributed by atoms with E-state index in [0.717, 1.165) is 34.6 Å². The molecule has 0 aliphatic carbocycles. The molecule has 2 aromatic rings. The van der Waals surface area contributed by atoms with Crippen LogP contribution in [0.5, 0.6) is 0 Å². The van der Waals surface area contributed by atoms with Crippen LogP contribution in [0.1, 0.15) is 35.7 Å². The third-order valence-electron chi connectivity index (χ3n) is 3.03. The van der Waals surface area contributed by atoms with Crippen LogP contribution in [0.4, 0.5) is 0 Å². The maximum Gasteiger partial charge on any atom is 0.0947 e. The van der Waals surface area contributed by atoms with Gasteiger partial charge in [-0.1, -0.05) is 24.6 Å². The molecular weight excluding hydrogens is 356 g/mol. The van der Waals surface area contributed by atoms with E-state index in [1.165, 1.54) is 10.6 Å². The van der Waals surface area contributed by atoms with Crippen molar-refractivity contribution in [2.24, 2.45) is 0 Å². The second kappa shape index (κ2) is 7.55. The number of benzene rings is 1. The Morgan fingerprint density at radius 3 is 2.85 bits per heavy atom. The molecule has 0 amide bonds. The Labute approximate surface area is 137 Å². The molecule has 0 saturated carbocycles. The molecule has 2 rings (SSSR count). The molecule has 0 saturated heterocycles. The number of aryl methyl sites for hydroxylation is 1. The van der Waals surface area contributed by atoms with Crippen LogP contribution >= 0.6 is 38.9 Å². The van der Waals surface area contributed by atoms with Gasteiger partial charge in [-0.25, -0.2) is 4.98 Å². The molecule has 0 aliphatic heterocycles. The molecule has 1 N–H and O–H groups in total. The first-order valence-corrected chi connectivity index (χ1v) is 8.74. The van der Waals surface area contributed by atoms with Crippen LogP contribution in [-0.2, 0) is 6.42 Å². The van der Waals surface area contributed by atoms with E-state index in [1.807, 2.05) is 13.0 Å². The summed E-state index contributed by atoms with van der Waals surface area (Å²) in [5, 5.41) is 7.61. The average molecular weight is 374 g/mol. The summed E-state index contributed by atoms with van der Waals surface area (Å²) in [6.07, 6.45) is 2.02. The standard InChI is InChI=1S/C15H18BrClN2S/c1-3-6-18-14(8-15-19-10(2)9-20-15)11-4-5-13(17)12(16)7-11/h4-5,7,9,14,18H,3,6,8H2,1-2H3. The van der Waals surface area contributed by atoms with E-state index in [1.54, 1.807) is 11.3 Å². The van der Waals surface area contributed by atoms with Crippen LogP contribution in [-0.4, -0.2) is 11.5 Å².